The molecule has 0 aliphatic carbocycles. The summed E-state index contributed by atoms with van der Waals surface area (Å²) in [5.41, 5.74) is 3.42. The number of aliphatic hydroxyl groups excluding tert-OH is 1. The van der Waals surface area contributed by atoms with Crippen molar-refractivity contribution in [3.05, 3.63) is 101 Å². The Hall–Kier alpha value is -4.10. The van der Waals surface area contributed by atoms with Crippen molar-refractivity contribution in [2.24, 2.45) is 0 Å². The van der Waals surface area contributed by atoms with Gasteiger partial charge in [0.15, 0.2) is 0 Å². The Labute approximate surface area is 223 Å². The van der Waals surface area contributed by atoms with Crippen LogP contribution in [0, 0.1) is 6.92 Å². The molecule has 0 spiro atoms. The molecule has 1 aliphatic heterocycles. The fourth-order valence-corrected chi connectivity index (χ4v) is 4.58. The molecule has 1 heterocycles. The SMILES string of the molecule is CCOc1ccc([C@@H]2C(=C(O)c3ccc(OCc4cccc(C)c4)cc3)C(=O)C(=O)N2CCCOC)cc1. The number of hydrogen-bond acceptors (Lipinski definition) is 6. The number of rotatable bonds is 11. The number of Topliss-reactive ketones (excluding diaryl/α,β-unsaturated/α-hetero) is 1. The number of methoxy groups -OCH3 is 1. The lowest BCUT2D eigenvalue weighted by molar-refractivity contribution is -0.140. The van der Waals surface area contributed by atoms with Crippen LogP contribution in [-0.2, 0) is 20.9 Å². The lowest BCUT2D eigenvalue weighted by Crippen LogP contribution is -2.31. The fourth-order valence-electron chi connectivity index (χ4n) is 4.58. The first-order valence-electron chi connectivity index (χ1n) is 12.7. The number of likely N-dealkylation sites (tertiary alicyclic amines) is 1. The molecule has 0 saturated carbocycles. The molecule has 1 aliphatic rings. The van der Waals surface area contributed by atoms with Crippen LogP contribution in [0.25, 0.3) is 5.76 Å². The number of benzene rings is 3. The maximum absolute atomic E-state index is 13.2. The van der Waals surface area contributed by atoms with E-state index in [0.29, 0.717) is 55.4 Å². The number of hydrogen-bond donors (Lipinski definition) is 1. The molecule has 38 heavy (non-hydrogen) atoms. The third-order valence-corrected chi connectivity index (χ3v) is 6.41. The highest BCUT2D eigenvalue weighted by Crippen LogP contribution is 2.40. The van der Waals surface area contributed by atoms with Gasteiger partial charge >= 0.3 is 0 Å². The Bertz CT molecular complexity index is 1300. The molecule has 1 amide bonds. The van der Waals surface area contributed by atoms with E-state index in [0.717, 1.165) is 11.1 Å². The zero-order valence-corrected chi connectivity index (χ0v) is 22.0. The van der Waals surface area contributed by atoms with Gasteiger partial charge in [-0.15, -0.1) is 0 Å². The number of amides is 1. The van der Waals surface area contributed by atoms with E-state index in [9.17, 15) is 14.7 Å². The van der Waals surface area contributed by atoms with Crippen molar-refractivity contribution in [2.45, 2.75) is 32.9 Å². The Balaban J connectivity index is 1.63. The number of ketones is 1. The number of carbonyl (C=O) groups is 2. The van der Waals surface area contributed by atoms with Gasteiger partial charge in [-0.1, -0.05) is 42.0 Å². The van der Waals surface area contributed by atoms with Crippen LogP contribution in [-0.4, -0.2) is 48.6 Å². The second-order valence-electron chi connectivity index (χ2n) is 9.14. The summed E-state index contributed by atoms with van der Waals surface area (Å²) in [6, 6.07) is 21.5. The summed E-state index contributed by atoms with van der Waals surface area (Å²) in [4.78, 5) is 27.7. The molecule has 3 aromatic rings. The zero-order chi connectivity index (χ0) is 27.1. The summed E-state index contributed by atoms with van der Waals surface area (Å²) >= 11 is 0. The van der Waals surface area contributed by atoms with E-state index in [1.54, 1.807) is 43.5 Å². The first kappa shape index (κ1) is 26.9. The number of aliphatic hydroxyl groups is 1. The third-order valence-electron chi connectivity index (χ3n) is 6.41. The highest BCUT2D eigenvalue weighted by molar-refractivity contribution is 6.46. The molecule has 0 unspecified atom stereocenters. The second-order valence-corrected chi connectivity index (χ2v) is 9.14. The third kappa shape index (κ3) is 6.06. The maximum atomic E-state index is 13.2. The van der Waals surface area contributed by atoms with Crippen molar-refractivity contribution < 1.29 is 28.9 Å². The van der Waals surface area contributed by atoms with Crippen molar-refractivity contribution in [2.75, 3.05) is 26.9 Å². The maximum Gasteiger partial charge on any atom is 0.295 e. The summed E-state index contributed by atoms with van der Waals surface area (Å²) in [6.45, 7) is 5.64. The Morgan fingerprint density at radius 3 is 2.29 bits per heavy atom. The van der Waals surface area contributed by atoms with E-state index in [1.807, 2.05) is 44.2 Å². The summed E-state index contributed by atoms with van der Waals surface area (Å²) in [6.07, 6.45) is 0.560. The largest absolute Gasteiger partial charge is 0.507 e. The predicted octanol–water partition coefficient (Wildman–Crippen LogP) is 5.43. The van der Waals surface area contributed by atoms with Gasteiger partial charge in [-0.05, 0) is 67.8 Å². The smallest absolute Gasteiger partial charge is 0.295 e. The average molecular weight is 516 g/mol. The van der Waals surface area contributed by atoms with E-state index in [4.69, 9.17) is 14.2 Å². The lowest BCUT2D eigenvalue weighted by atomic mass is 9.95. The Morgan fingerprint density at radius 2 is 1.63 bits per heavy atom. The molecule has 7 heteroatoms. The monoisotopic (exact) mass is 515 g/mol. The zero-order valence-electron chi connectivity index (χ0n) is 22.0. The van der Waals surface area contributed by atoms with Crippen LogP contribution in [0.15, 0.2) is 78.4 Å². The molecule has 7 nitrogen and oxygen atoms in total. The van der Waals surface area contributed by atoms with Gasteiger partial charge < -0.3 is 24.2 Å². The molecule has 1 atom stereocenters. The highest BCUT2D eigenvalue weighted by atomic mass is 16.5. The number of aryl methyl sites for hydroxylation is 1. The van der Waals surface area contributed by atoms with Crippen LogP contribution in [0.5, 0.6) is 11.5 Å². The molecule has 3 aromatic carbocycles. The molecule has 0 bridgehead atoms. The van der Waals surface area contributed by atoms with Crippen LogP contribution in [0.4, 0.5) is 0 Å². The standard InChI is InChI=1S/C31H33NO6/c1-4-37-25-13-9-23(10-14-25)28-27(30(34)31(35)32(28)17-6-18-36-3)29(33)24-11-15-26(16-12-24)38-20-22-8-5-7-21(2)19-22/h5,7-16,19,28,33H,4,6,17-18,20H2,1-3H3/t28-/m1/s1. The quantitative estimate of drug-likeness (QED) is 0.159. The highest BCUT2D eigenvalue weighted by Gasteiger charge is 2.45. The summed E-state index contributed by atoms with van der Waals surface area (Å²) in [5.74, 6) is -0.250. The first-order valence-corrected chi connectivity index (χ1v) is 12.7. The molecule has 4 rings (SSSR count). The van der Waals surface area contributed by atoms with Gasteiger partial charge in [-0.3, -0.25) is 9.59 Å². The van der Waals surface area contributed by atoms with Crippen LogP contribution in [0.3, 0.4) is 0 Å². The van der Waals surface area contributed by atoms with Gasteiger partial charge in [-0.2, -0.15) is 0 Å². The topological polar surface area (TPSA) is 85.3 Å². The van der Waals surface area contributed by atoms with E-state index < -0.39 is 17.7 Å². The minimum Gasteiger partial charge on any atom is -0.507 e. The van der Waals surface area contributed by atoms with Crippen molar-refractivity contribution >= 4 is 17.4 Å². The molecular formula is C31H33NO6. The van der Waals surface area contributed by atoms with Gasteiger partial charge in [0.2, 0.25) is 0 Å². The van der Waals surface area contributed by atoms with Crippen molar-refractivity contribution in [3.63, 3.8) is 0 Å². The van der Waals surface area contributed by atoms with E-state index in [-0.39, 0.29) is 11.3 Å². The van der Waals surface area contributed by atoms with E-state index in [2.05, 4.69) is 6.07 Å². The molecule has 0 radical (unpaired) electrons. The van der Waals surface area contributed by atoms with Gasteiger partial charge in [0.25, 0.3) is 11.7 Å². The van der Waals surface area contributed by atoms with Gasteiger partial charge in [-0.25, -0.2) is 0 Å². The normalized spacial score (nSPS) is 16.6. The van der Waals surface area contributed by atoms with Crippen LogP contribution >= 0.6 is 0 Å². The molecule has 1 saturated heterocycles. The Kier molecular flexibility index (Phi) is 8.81. The van der Waals surface area contributed by atoms with E-state index >= 15 is 0 Å². The second kappa shape index (κ2) is 12.4. The molecule has 1 fully saturated rings. The fraction of sp³-hybridized carbons (Fsp3) is 0.290. The van der Waals surface area contributed by atoms with Crippen molar-refractivity contribution in [1.29, 1.82) is 0 Å². The van der Waals surface area contributed by atoms with Gasteiger partial charge in [0, 0.05) is 25.8 Å². The molecule has 0 aromatic heterocycles. The average Bonchev–Trinajstić information content (AvgIpc) is 3.18. The van der Waals surface area contributed by atoms with Gasteiger partial charge in [0.1, 0.15) is 23.9 Å². The van der Waals surface area contributed by atoms with Crippen LogP contribution in [0.2, 0.25) is 0 Å². The van der Waals surface area contributed by atoms with Crippen molar-refractivity contribution in [1.82, 2.24) is 4.90 Å². The predicted molar refractivity (Wildman–Crippen MR) is 145 cm³/mol. The lowest BCUT2D eigenvalue weighted by Gasteiger charge is -2.25. The number of carbonyl (C=O) groups excluding carboxylic acids is 2. The molecule has 198 valence electrons. The number of ether oxygens (including phenoxy) is 3. The first-order chi connectivity index (χ1) is 18.4. The summed E-state index contributed by atoms with van der Waals surface area (Å²) in [5, 5.41) is 11.3. The van der Waals surface area contributed by atoms with Gasteiger partial charge in [0.05, 0.1) is 18.2 Å². The van der Waals surface area contributed by atoms with E-state index in [1.165, 1.54) is 4.90 Å². The minimum atomic E-state index is -0.722. The van der Waals surface area contributed by atoms with Crippen LogP contribution < -0.4 is 9.47 Å². The Morgan fingerprint density at radius 1 is 0.947 bits per heavy atom. The summed E-state index contributed by atoms with van der Waals surface area (Å²) < 4.78 is 16.6. The number of nitrogens with zero attached hydrogens (tertiary/aromatic N) is 1. The summed E-state index contributed by atoms with van der Waals surface area (Å²) in [7, 11) is 1.59. The minimum absolute atomic E-state index is 0.0602. The van der Waals surface area contributed by atoms with Crippen LogP contribution in [0.1, 0.15) is 41.6 Å². The molecular weight excluding hydrogens is 482 g/mol. The molecule has 1 N–H and O–H groups in total. The van der Waals surface area contributed by atoms with Crippen molar-refractivity contribution in [3.8, 4) is 11.5 Å².